The molecule has 0 aliphatic rings. The molecule has 1 aromatic heterocycles. The number of amides is 1. The predicted molar refractivity (Wildman–Crippen MR) is 72.2 cm³/mol. The maximum Gasteiger partial charge on any atom is 0.252 e. The second kappa shape index (κ2) is 7.89. The topological polar surface area (TPSA) is 63.2 Å². The van der Waals surface area contributed by atoms with Crippen LogP contribution in [0.25, 0.3) is 0 Å². The Morgan fingerprint density at radius 3 is 2.89 bits per heavy atom. The van der Waals surface area contributed by atoms with Crippen LogP contribution in [0, 0.1) is 0 Å². The van der Waals surface area contributed by atoms with Crippen LogP contribution < -0.4 is 10.6 Å². The molecule has 0 saturated heterocycles. The van der Waals surface area contributed by atoms with Gasteiger partial charge in [-0.15, -0.1) is 0 Å². The lowest BCUT2D eigenvalue weighted by Crippen LogP contribution is -2.27. The summed E-state index contributed by atoms with van der Waals surface area (Å²) < 4.78 is 5.13. The maximum atomic E-state index is 11.7. The van der Waals surface area contributed by atoms with E-state index in [4.69, 9.17) is 16.3 Å². The highest BCUT2D eigenvalue weighted by atomic mass is 35.5. The van der Waals surface area contributed by atoms with E-state index in [2.05, 4.69) is 15.6 Å². The van der Waals surface area contributed by atoms with Crippen molar-refractivity contribution in [3.63, 3.8) is 0 Å². The van der Waals surface area contributed by atoms with E-state index < -0.39 is 0 Å². The highest BCUT2D eigenvalue weighted by molar-refractivity contribution is 6.33. The maximum absolute atomic E-state index is 11.7. The molecule has 1 rings (SSSR count). The summed E-state index contributed by atoms with van der Waals surface area (Å²) in [5.74, 6) is 0.386. The van der Waals surface area contributed by atoms with Crippen LogP contribution in [0.2, 0.25) is 5.02 Å². The van der Waals surface area contributed by atoms with Crippen molar-refractivity contribution >= 4 is 23.3 Å². The summed E-state index contributed by atoms with van der Waals surface area (Å²) in [6.07, 6.45) is 1.50. The van der Waals surface area contributed by atoms with Crippen molar-refractivity contribution in [3.8, 4) is 0 Å². The van der Waals surface area contributed by atoms with E-state index in [-0.39, 0.29) is 5.91 Å². The molecule has 1 heterocycles. The first-order valence-corrected chi connectivity index (χ1v) is 6.32. The molecule has 2 N–H and O–H groups in total. The molecule has 6 heteroatoms. The van der Waals surface area contributed by atoms with Gasteiger partial charge in [-0.3, -0.25) is 4.79 Å². The van der Waals surface area contributed by atoms with Gasteiger partial charge in [0.15, 0.2) is 0 Å². The van der Waals surface area contributed by atoms with Gasteiger partial charge in [-0.05, 0) is 19.9 Å². The lowest BCUT2D eigenvalue weighted by Gasteiger charge is -2.08. The van der Waals surface area contributed by atoms with Gasteiger partial charge in [0, 0.05) is 25.9 Å². The van der Waals surface area contributed by atoms with Crippen molar-refractivity contribution in [2.45, 2.75) is 13.8 Å². The average Bonchev–Trinajstić information content (AvgIpc) is 2.37. The summed E-state index contributed by atoms with van der Waals surface area (Å²) in [6, 6.07) is 1.60. The smallest absolute Gasteiger partial charge is 0.252 e. The molecule has 0 aliphatic heterocycles. The lowest BCUT2D eigenvalue weighted by atomic mass is 10.2. The van der Waals surface area contributed by atoms with Gasteiger partial charge in [-0.1, -0.05) is 11.6 Å². The normalized spacial score (nSPS) is 10.2. The van der Waals surface area contributed by atoms with Gasteiger partial charge in [0.05, 0.1) is 17.2 Å². The molecule has 18 heavy (non-hydrogen) atoms. The Hall–Kier alpha value is -1.33. The molecule has 0 spiro atoms. The predicted octanol–water partition coefficient (Wildman–Crippen LogP) is 1.93. The number of rotatable bonds is 7. The number of halogens is 1. The molecule has 100 valence electrons. The fraction of sp³-hybridized carbons (Fsp3) is 0.500. The van der Waals surface area contributed by atoms with Crippen LogP contribution in [0.1, 0.15) is 24.2 Å². The van der Waals surface area contributed by atoms with Crippen molar-refractivity contribution < 1.29 is 9.53 Å². The Balaban J connectivity index is 2.55. The zero-order valence-corrected chi connectivity index (χ0v) is 11.4. The van der Waals surface area contributed by atoms with Gasteiger partial charge < -0.3 is 15.4 Å². The molecule has 0 unspecified atom stereocenters. The number of carbonyl (C=O) groups is 1. The number of nitrogens with zero attached hydrogens (tertiary/aromatic N) is 1. The van der Waals surface area contributed by atoms with Crippen LogP contribution in [0.3, 0.4) is 0 Å². The van der Waals surface area contributed by atoms with E-state index in [9.17, 15) is 4.79 Å². The monoisotopic (exact) mass is 271 g/mol. The van der Waals surface area contributed by atoms with Gasteiger partial charge >= 0.3 is 0 Å². The molecule has 0 bridgehead atoms. The Bertz CT molecular complexity index is 399. The van der Waals surface area contributed by atoms with Gasteiger partial charge in [0.25, 0.3) is 5.91 Å². The highest BCUT2D eigenvalue weighted by Gasteiger charge is 2.08. The van der Waals surface area contributed by atoms with E-state index >= 15 is 0 Å². The fourth-order valence-corrected chi connectivity index (χ4v) is 1.58. The number of aromatic nitrogens is 1. The van der Waals surface area contributed by atoms with E-state index in [1.54, 1.807) is 6.07 Å². The van der Waals surface area contributed by atoms with Crippen LogP contribution in [0.5, 0.6) is 0 Å². The van der Waals surface area contributed by atoms with Crippen molar-refractivity contribution in [3.05, 3.63) is 22.8 Å². The summed E-state index contributed by atoms with van der Waals surface area (Å²) in [5.41, 5.74) is 0.443. The summed E-state index contributed by atoms with van der Waals surface area (Å²) in [4.78, 5) is 15.8. The Morgan fingerprint density at radius 2 is 2.28 bits per heavy atom. The zero-order chi connectivity index (χ0) is 13.4. The van der Waals surface area contributed by atoms with Crippen molar-refractivity contribution in [1.29, 1.82) is 0 Å². The summed E-state index contributed by atoms with van der Waals surface area (Å²) in [6.45, 7) is 6.20. The number of carbonyl (C=O) groups excluding carboxylic acids is 1. The first-order chi connectivity index (χ1) is 8.69. The molecule has 0 aliphatic carbocycles. The quantitative estimate of drug-likeness (QED) is 0.744. The van der Waals surface area contributed by atoms with E-state index in [1.807, 2.05) is 13.8 Å². The zero-order valence-electron chi connectivity index (χ0n) is 10.6. The minimum absolute atomic E-state index is 0.202. The number of hydrogen-bond acceptors (Lipinski definition) is 4. The van der Waals surface area contributed by atoms with E-state index in [0.29, 0.717) is 36.2 Å². The first-order valence-electron chi connectivity index (χ1n) is 5.94. The summed E-state index contributed by atoms with van der Waals surface area (Å²) in [5, 5.41) is 6.18. The molecular formula is C12H18ClN3O2. The molecule has 5 nitrogen and oxygen atoms in total. The van der Waals surface area contributed by atoms with E-state index in [1.165, 1.54) is 6.20 Å². The van der Waals surface area contributed by atoms with Crippen LogP contribution in [-0.4, -0.2) is 37.2 Å². The van der Waals surface area contributed by atoms with E-state index in [0.717, 1.165) is 6.54 Å². The minimum atomic E-state index is -0.202. The molecule has 0 fully saturated rings. The highest BCUT2D eigenvalue weighted by Crippen LogP contribution is 2.19. The lowest BCUT2D eigenvalue weighted by molar-refractivity contribution is 0.0922. The van der Waals surface area contributed by atoms with Crippen LogP contribution >= 0.6 is 11.6 Å². The van der Waals surface area contributed by atoms with Crippen LogP contribution in [-0.2, 0) is 4.74 Å². The number of hydrogen-bond donors (Lipinski definition) is 2. The van der Waals surface area contributed by atoms with Gasteiger partial charge in [0.1, 0.15) is 5.82 Å². The van der Waals surface area contributed by atoms with Gasteiger partial charge in [-0.2, -0.15) is 0 Å². The fourth-order valence-electron chi connectivity index (χ4n) is 1.34. The molecule has 0 atom stereocenters. The van der Waals surface area contributed by atoms with Gasteiger partial charge in [-0.25, -0.2) is 4.98 Å². The minimum Gasteiger partial charge on any atom is -0.380 e. The Labute approximate surface area is 112 Å². The Kier molecular flexibility index (Phi) is 6.46. The SMILES string of the molecule is CCNc1ncc(C(=O)NCCOCC)cc1Cl. The van der Waals surface area contributed by atoms with Crippen LogP contribution in [0.15, 0.2) is 12.3 Å². The molecular weight excluding hydrogens is 254 g/mol. The summed E-state index contributed by atoms with van der Waals surface area (Å²) >= 11 is 6.01. The number of nitrogens with one attached hydrogen (secondary N) is 2. The van der Waals surface area contributed by atoms with Gasteiger partial charge in [0.2, 0.25) is 0 Å². The third-order valence-corrected chi connectivity index (χ3v) is 2.47. The summed E-state index contributed by atoms with van der Waals surface area (Å²) in [7, 11) is 0. The molecule has 1 aromatic rings. The van der Waals surface area contributed by atoms with Crippen molar-refractivity contribution in [1.82, 2.24) is 10.3 Å². The first kappa shape index (κ1) is 14.7. The van der Waals surface area contributed by atoms with Crippen molar-refractivity contribution in [2.75, 3.05) is 31.6 Å². The third kappa shape index (κ3) is 4.50. The van der Waals surface area contributed by atoms with Crippen molar-refractivity contribution in [2.24, 2.45) is 0 Å². The second-order valence-electron chi connectivity index (χ2n) is 3.54. The standard InChI is InChI=1S/C12H18ClN3O2/c1-3-14-11-10(13)7-9(8-16-11)12(17)15-5-6-18-4-2/h7-8H,3-6H2,1-2H3,(H,14,16)(H,15,17). The third-order valence-electron chi connectivity index (χ3n) is 2.18. The average molecular weight is 272 g/mol. The van der Waals surface area contributed by atoms with Crippen LogP contribution in [0.4, 0.5) is 5.82 Å². The Morgan fingerprint density at radius 1 is 1.50 bits per heavy atom. The molecule has 0 saturated carbocycles. The number of anilines is 1. The number of pyridine rings is 1. The largest absolute Gasteiger partial charge is 0.380 e. The molecule has 0 radical (unpaired) electrons. The number of ether oxygens (including phenoxy) is 1. The molecule has 1 amide bonds. The molecule has 0 aromatic carbocycles. The second-order valence-corrected chi connectivity index (χ2v) is 3.94.